The first-order valence-corrected chi connectivity index (χ1v) is 5.53. The molecule has 2 aromatic rings. The van der Waals surface area contributed by atoms with Crippen molar-refractivity contribution < 1.29 is 26.3 Å². The lowest BCUT2D eigenvalue weighted by Gasteiger charge is -2.10. The first kappa shape index (κ1) is 14.4. The van der Waals surface area contributed by atoms with Crippen LogP contribution in [0.5, 0.6) is 0 Å². The average Bonchev–Trinajstić information content (AvgIpc) is 2.37. The number of halogens is 6. The SMILES string of the molecule is Fc1cc(-c2cccc(C(F)(F)F)c2)cc(C(F)F)c1. The number of benzene rings is 2. The van der Waals surface area contributed by atoms with Crippen LogP contribution in [0.25, 0.3) is 11.1 Å². The van der Waals surface area contributed by atoms with E-state index < -0.39 is 29.5 Å². The molecule has 0 unspecified atom stereocenters. The monoisotopic (exact) mass is 290 g/mol. The molecule has 0 aliphatic carbocycles. The van der Waals surface area contributed by atoms with Gasteiger partial charge in [-0.15, -0.1) is 0 Å². The van der Waals surface area contributed by atoms with Crippen molar-refractivity contribution >= 4 is 0 Å². The van der Waals surface area contributed by atoms with Gasteiger partial charge >= 0.3 is 6.18 Å². The van der Waals surface area contributed by atoms with Gasteiger partial charge in [-0.1, -0.05) is 12.1 Å². The molecular formula is C14H8F6. The van der Waals surface area contributed by atoms with Crippen LogP contribution in [-0.2, 0) is 6.18 Å². The van der Waals surface area contributed by atoms with Crippen LogP contribution in [0, 0.1) is 5.82 Å². The predicted octanol–water partition coefficient (Wildman–Crippen LogP) is 5.45. The van der Waals surface area contributed by atoms with Crippen LogP contribution < -0.4 is 0 Å². The van der Waals surface area contributed by atoms with E-state index in [1.807, 2.05) is 0 Å². The quantitative estimate of drug-likeness (QED) is 0.645. The molecule has 0 radical (unpaired) electrons. The zero-order valence-electron chi connectivity index (χ0n) is 9.89. The van der Waals surface area contributed by atoms with Gasteiger partial charge in [-0.3, -0.25) is 0 Å². The maximum absolute atomic E-state index is 13.3. The summed E-state index contributed by atoms with van der Waals surface area (Å²) in [5.74, 6) is -0.921. The fraction of sp³-hybridized carbons (Fsp3) is 0.143. The summed E-state index contributed by atoms with van der Waals surface area (Å²) >= 11 is 0. The summed E-state index contributed by atoms with van der Waals surface area (Å²) in [5, 5.41) is 0. The molecule has 0 N–H and O–H groups in total. The lowest BCUT2D eigenvalue weighted by molar-refractivity contribution is -0.137. The second-order valence-corrected chi connectivity index (χ2v) is 4.15. The Morgan fingerprint density at radius 3 is 2.15 bits per heavy atom. The van der Waals surface area contributed by atoms with Gasteiger partial charge in [0, 0.05) is 5.56 Å². The fourth-order valence-electron chi connectivity index (χ4n) is 1.78. The van der Waals surface area contributed by atoms with Gasteiger partial charge in [0.15, 0.2) is 0 Å². The molecule has 2 rings (SSSR count). The zero-order chi connectivity index (χ0) is 14.9. The Labute approximate surface area is 110 Å². The minimum Gasteiger partial charge on any atom is -0.207 e. The maximum Gasteiger partial charge on any atom is 0.416 e. The highest BCUT2D eigenvalue weighted by Gasteiger charge is 2.30. The van der Waals surface area contributed by atoms with E-state index >= 15 is 0 Å². The first-order valence-electron chi connectivity index (χ1n) is 5.53. The van der Waals surface area contributed by atoms with Gasteiger partial charge in [-0.2, -0.15) is 13.2 Å². The van der Waals surface area contributed by atoms with Crippen molar-refractivity contribution in [2.24, 2.45) is 0 Å². The van der Waals surface area contributed by atoms with Gasteiger partial charge in [-0.25, -0.2) is 13.2 Å². The van der Waals surface area contributed by atoms with Crippen molar-refractivity contribution in [3.8, 4) is 11.1 Å². The van der Waals surface area contributed by atoms with Crippen LogP contribution in [0.2, 0.25) is 0 Å². The van der Waals surface area contributed by atoms with E-state index in [4.69, 9.17) is 0 Å². The van der Waals surface area contributed by atoms with E-state index in [0.29, 0.717) is 6.07 Å². The molecule has 0 nitrogen and oxygen atoms in total. The Hall–Kier alpha value is -1.98. The third-order valence-corrected chi connectivity index (χ3v) is 2.70. The molecule has 0 atom stereocenters. The topological polar surface area (TPSA) is 0 Å². The van der Waals surface area contributed by atoms with E-state index in [1.165, 1.54) is 6.07 Å². The largest absolute Gasteiger partial charge is 0.416 e. The summed E-state index contributed by atoms with van der Waals surface area (Å²) < 4.78 is 76.1. The van der Waals surface area contributed by atoms with Crippen molar-refractivity contribution in [2.45, 2.75) is 12.6 Å². The van der Waals surface area contributed by atoms with Crippen LogP contribution in [0.15, 0.2) is 42.5 Å². The molecule has 106 valence electrons. The average molecular weight is 290 g/mol. The minimum absolute atomic E-state index is 0.0219. The van der Waals surface area contributed by atoms with Crippen LogP contribution >= 0.6 is 0 Å². The smallest absolute Gasteiger partial charge is 0.207 e. The summed E-state index contributed by atoms with van der Waals surface area (Å²) in [5.41, 5.74) is -1.48. The summed E-state index contributed by atoms with van der Waals surface area (Å²) in [6.45, 7) is 0. The summed E-state index contributed by atoms with van der Waals surface area (Å²) in [6, 6.07) is 6.65. The van der Waals surface area contributed by atoms with E-state index in [-0.39, 0.29) is 11.1 Å². The number of hydrogen-bond acceptors (Lipinski definition) is 0. The van der Waals surface area contributed by atoms with Crippen LogP contribution in [0.3, 0.4) is 0 Å². The number of alkyl halides is 5. The molecule has 0 fully saturated rings. The molecule has 0 spiro atoms. The third kappa shape index (κ3) is 3.12. The predicted molar refractivity (Wildman–Crippen MR) is 61.8 cm³/mol. The van der Waals surface area contributed by atoms with E-state index in [1.54, 1.807) is 0 Å². The molecule has 0 bridgehead atoms. The standard InChI is InChI=1S/C14H8F6/c15-12-6-9(4-10(7-12)13(16)17)8-2-1-3-11(5-8)14(18,19)20/h1-7,13H. The van der Waals surface area contributed by atoms with Gasteiger partial charge < -0.3 is 0 Å². The van der Waals surface area contributed by atoms with Gasteiger partial charge in [0.05, 0.1) is 5.56 Å². The highest BCUT2D eigenvalue weighted by molar-refractivity contribution is 5.65. The number of hydrogen-bond donors (Lipinski definition) is 0. The van der Waals surface area contributed by atoms with Crippen LogP contribution in [0.1, 0.15) is 17.6 Å². The minimum atomic E-state index is -4.55. The molecule has 0 saturated carbocycles. The molecule has 0 aliphatic rings. The van der Waals surface area contributed by atoms with Gasteiger partial charge in [0.2, 0.25) is 0 Å². The van der Waals surface area contributed by atoms with Gasteiger partial charge in [-0.05, 0) is 41.5 Å². The molecule has 0 aromatic heterocycles. The molecule has 20 heavy (non-hydrogen) atoms. The Balaban J connectivity index is 2.51. The molecule has 0 amide bonds. The zero-order valence-corrected chi connectivity index (χ0v) is 9.89. The second kappa shape index (κ2) is 5.19. The van der Waals surface area contributed by atoms with Gasteiger partial charge in [0.25, 0.3) is 6.43 Å². The fourth-order valence-corrected chi connectivity index (χ4v) is 1.78. The molecule has 2 aromatic carbocycles. The van der Waals surface area contributed by atoms with Crippen molar-refractivity contribution in [2.75, 3.05) is 0 Å². The van der Waals surface area contributed by atoms with Crippen LogP contribution in [-0.4, -0.2) is 0 Å². The highest BCUT2D eigenvalue weighted by Crippen LogP contribution is 2.33. The van der Waals surface area contributed by atoms with E-state index in [0.717, 1.165) is 30.3 Å². The van der Waals surface area contributed by atoms with Crippen LogP contribution in [0.4, 0.5) is 26.3 Å². The van der Waals surface area contributed by atoms with Gasteiger partial charge in [0.1, 0.15) is 5.82 Å². The number of rotatable bonds is 2. The van der Waals surface area contributed by atoms with E-state index in [9.17, 15) is 26.3 Å². The third-order valence-electron chi connectivity index (χ3n) is 2.70. The molecule has 6 heteroatoms. The first-order chi connectivity index (χ1) is 9.27. The lowest BCUT2D eigenvalue weighted by atomic mass is 10.0. The maximum atomic E-state index is 13.3. The molecule has 0 saturated heterocycles. The van der Waals surface area contributed by atoms with Crippen molar-refractivity contribution in [3.63, 3.8) is 0 Å². The van der Waals surface area contributed by atoms with Crippen molar-refractivity contribution in [1.82, 2.24) is 0 Å². The molecule has 0 aliphatic heterocycles. The normalized spacial score (nSPS) is 11.9. The Morgan fingerprint density at radius 1 is 0.850 bits per heavy atom. The highest BCUT2D eigenvalue weighted by atomic mass is 19.4. The van der Waals surface area contributed by atoms with E-state index in [2.05, 4.69) is 0 Å². The molecular weight excluding hydrogens is 282 g/mol. The van der Waals surface area contributed by atoms with Crippen molar-refractivity contribution in [3.05, 3.63) is 59.4 Å². The van der Waals surface area contributed by atoms with Crippen molar-refractivity contribution in [1.29, 1.82) is 0 Å². The Morgan fingerprint density at radius 2 is 1.55 bits per heavy atom. The lowest BCUT2D eigenvalue weighted by Crippen LogP contribution is -2.04. The Bertz CT molecular complexity index is 615. The second-order valence-electron chi connectivity index (χ2n) is 4.15. The summed E-state index contributed by atoms with van der Waals surface area (Å²) in [4.78, 5) is 0. The summed E-state index contributed by atoms with van der Waals surface area (Å²) in [7, 11) is 0. The molecule has 0 heterocycles. The Kier molecular flexibility index (Phi) is 3.74. The summed E-state index contributed by atoms with van der Waals surface area (Å²) in [6.07, 6.45) is -7.44.